The van der Waals surface area contributed by atoms with Crippen LogP contribution >= 0.6 is 0 Å². The minimum atomic E-state index is -1.04. The number of carbonyl (C=O) groups excluding carboxylic acids is 3. The summed E-state index contributed by atoms with van der Waals surface area (Å²) in [4.78, 5) is 45.1. The topological polar surface area (TPSA) is 121 Å². The van der Waals surface area contributed by atoms with Gasteiger partial charge in [-0.1, -0.05) is 97.1 Å². The van der Waals surface area contributed by atoms with Crippen LogP contribution in [0.5, 0.6) is 0 Å². The molecule has 0 aromatic heterocycles. The van der Waals surface area contributed by atoms with E-state index in [1.165, 1.54) is 5.56 Å². The standard InChI is InChI=1S/C41H44N4O7/c46-27-30-14-16-32(17-15-30)37-23-35(26-44-20-18-43(19-21-44)25-29-8-3-1-4-9-29)51-40(52-37)33-12-7-13-34(22-33)45-38(47)24-36(39(45)48)42-41(49)50-28-31-10-5-2-6-11-31/h1-17,22,35-37,40,46H,18-21,23-28H2,(H,42,49)/t35-,36?,37+,40+/m1/s1. The Balaban J connectivity index is 1.02. The summed E-state index contributed by atoms with van der Waals surface area (Å²) in [6.07, 6.45) is -1.46. The van der Waals surface area contributed by atoms with Crippen LogP contribution < -0.4 is 10.2 Å². The van der Waals surface area contributed by atoms with Crippen LogP contribution in [0.1, 0.15) is 53.1 Å². The average Bonchev–Trinajstić information content (AvgIpc) is 3.46. The van der Waals surface area contributed by atoms with E-state index in [4.69, 9.17) is 14.2 Å². The quantitative estimate of drug-likeness (QED) is 0.206. The van der Waals surface area contributed by atoms with Crippen molar-refractivity contribution in [1.29, 1.82) is 0 Å². The van der Waals surface area contributed by atoms with Crippen molar-refractivity contribution in [3.8, 4) is 0 Å². The van der Waals surface area contributed by atoms with Crippen LogP contribution in [0.25, 0.3) is 0 Å². The smallest absolute Gasteiger partial charge is 0.408 e. The van der Waals surface area contributed by atoms with Crippen LogP contribution in [0.2, 0.25) is 0 Å². The van der Waals surface area contributed by atoms with E-state index in [2.05, 4.69) is 39.4 Å². The molecule has 4 atom stereocenters. The third kappa shape index (κ3) is 8.75. The number of carbonyl (C=O) groups is 3. The molecule has 1 unspecified atom stereocenters. The van der Waals surface area contributed by atoms with Crippen molar-refractivity contribution in [1.82, 2.24) is 15.1 Å². The Labute approximate surface area is 303 Å². The fourth-order valence-electron chi connectivity index (χ4n) is 7.03. The second-order valence-electron chi connectivity index (χ2n) is 13.5. The van der Waals surface area contributed by atoms with Gasteiger partial charge in [0.2, 0.25) is 5.91 Å². The molecule has 11 heteroatoms. The SMILES string of the molecule is O=C(NC1CC(=O)N(c2cccc([C@H]3O[C@@H](CN4CCN(Cc5ccccc5)CC4)C[C@@H](c4ccc(CO)cc4)O3)c2)C1=O)OCc1ccccc1. The summed E-state index contributed by atoms with van der Waals surface area (Å²) in [5.74, 6) is -0.956. The molecule has 3 aliphatic heterocycles. The molecule has 0 spiro atoms. The number of aliphatic hydroxyl groups excluding tert-OH is 1. The molecular formula is C41H44N4O7. The largest absolute Gasteiger partial charge is 0.445 e. The molecule has 11 nitrogen and oxygen atoms in total. The van der Waals surface area contributed by atoms with Gasteiger partial charge in [-0.25, -0.2) is 9.69 Å². The highest BCUT2D eigenvalue weighted by atomic mass is 16.7. The van der Waals surface area contributed by atoms with Crippen LogP contribution in [0.4, 0.5) is 10.5 Å². The average molecular weight is 705 g/mol. The Morgan fingerprint density at radius 1 is 0.769 bits per heavy atom. The number of hydrogen-bond donors (Lipinski definition) is 2. The maximum absolute atomic E-state index is 13.4. The first-order valence-corrected chi connectivity index (χ1v) is 17.8. The predicted molar refractivity (Wildman–Crippen MR) is 194 cm³/mol. The molecule has 0 radical (unpaired) electrons. The van der Waals surface area contributed by atoms with Gasteiger partial charge in [0.05, 0.1) is 30.9 Å². The summed E-state index contributed by atoms with van der Waals surface area (Å²) in [6, 6.07) is 33.5. The number of piperazine rings is 1. The van der Waals surface area contributed by atoms with Gasteiger partial charge in [-0.05, 0) is 34.4 Å². The van der Waals surface area contributed by atoms with Gasteiger partial charge in [0.15, 0.2) is 6.29 Å². The summed E-state index contributed by atoms with van der Waals surface area (Å²) in [5.41, 5.74) is 4.98. The first-order chi connectivity index (χ1) is 25.4. The minimum Gasteiger partial charge on any atom is -0.445 e. The van der Waals surface area contributed by atoms with E-state index in [-0.39, 0.29) is 31.8 Å². The van der Waals surface area contributed by atoms with Gasteiger partial charge in [0, 0.05) is 51.3 Å². The molecule has 0 saturated carbocycles. The number of alkyl carbamates (subject to hydrolysis) is 1. The molecule has 270 valence electrons. The Bertz CT molecular complexity index is 1820. The number of aliphatic hydroxyl groups is 1. The molecule has 4 aromatic carbocycles. The van der Waals surface area contributed by atoms with Crippen molar-refractivity contribution in [2.45, 2.75) is 57.1 Å². The summed E-state index contributed by atoms with van der Waals surface area (Å²) in [7, 11) is 0. The highest BCUT2D eigenvalue weighted by molar-refractivity contribution is 6.22. The third-order valence-electron chi connectivity index (χ3n) is 9.84. The number of rotatable bonds is 11. The minimum absolute atomic E-state index is 0.0393. The van der Waals surface area contributed by atoms with E-state index in [9.17, 15) is 19.5 Å². The van der Waals surface area contributed by atoms with E-state index in [0.29, 0.717) is 17.7 Å². The monoisotopic (exact) mass is 704 g/mol. The molecule has 3 heterocycles. The predicted octanol–water partition coefficient (Wildman–Crippen LogP) is 5.10. The van der Waals surface area contributed by atoms with Gasteiger partial charge in [0.1, 0.15) is 12.6 Å². The van der Waals surface area contributed by atoms with E-state index < -0.39 is 30.2 Å². The molecule has 3 aliphatic rings. The van der Waals surface area contributed by atoms with Gasteiger partial charge < -0.3 is 24.6 Å². The summed E-state index contributed by atoms with van der Waals surface area (Å²) < 4.78 is 18.5. The second-order valence-corrected chi connectivity index (χ2v) is 13.5. The van der Waals surface area contributed by atoms with Crippen molar-refractivity contribution in [3.05, 3.63) is 137 Å². The van der Waals surface area contributed by atoms with Crippen molar-refractivity contribution < 1.29 is 33.7 Å². The summed E-state index contributed by atoms with van der Waals surface area (Å²) >= 11 is 0. The molecule has 2 N–H and O–H groups in total. The normalized spacial score (nSPS) is 22.8. The molecule has 0 aliphatic carbocycles. The lowest BCUT2D eigenvalue weighted by Crippen LogP contribution is -2.49. The maximum atomic E-state index is 13.4. The first kappa shape index (κ1) is 35.5. The molecule has 3 amide bonds. The van der Waals surface area contributed by atoms with Crippen LogP contribution in [0.3, 0.4) is 0 Å². The molecule has 7 rings (SSSR count). The fourth-order valence-corrected chi connectivity index (χ4v) is 7.03. The van der Waals surface area contributed by atoms with Crippen LogP contribution in [0.15, 0.2) is 109 Å². The molecule has 52 heavy (non-hydrogen) atoms. The maximum Gasteiger partial charge on any atom is 0.408 e. The molecule has 3 fully saturated rings. The first-order valence-electron chi connectivity index (χ1n) is 17.8. The fraction of sp³-hybridized carbons (Fsp3) is 0.341. The lowest BCUT2D eigenvalue weighted by Gasteiger charge is -2.41. The number of imide groups is 1. The van der Waals surface area contributed by atoms with Crippen molar-refractivity contribution >= 4 is 23.6 Å². The highest BCUT2D eigenvalue weighted by Crippen LogP contribution is 2.39. The zero-order valence-electron chi connectivity index (χ0n) is 29.0. The van der Waals surface area contributed by atoms with Gasteiger partial charge in [-0.2, -0.15) is 0 Å². The lowest BCUT2D eigenvalue weighted by atomic mass is 9.99. The molecule has 4 aromatic rings. The Hall–Kier alpha value is -4.91. The number of nitrogens with zero attached hydrogens (tertiary/aromatic N) is 3. The van der Waals surface area contributed by atoms with Gasteiger partial charge in [-0.15, -0.1) is 0 Å². The Kier molecular flexibility index (Phi) is 11.3. The number of nitrogens with one attached hydrogen (secondary N) is 1. The van der Waals surface area contributed by atoms with E-state index >= 15 is 0 Å². The van der Waals surface area contributed by atoms with Crippen LogP contribution in [-0.2, 0) is 43.6 Å². The van der Waals surface area contributed by atoms with Crippen molar-refractivity contribution in [3.63, 3.8) is 0 Å². The number of anilines is 1. The third-order valence-corrected chi connectivity index (χ3v) is 9.84. The molecule has 3 saturated heterocycles. The number of ether oxygens (including phenoxy) is 3. The lowest BCUT2D eigenvalue weighted by molar-refractivity contribution is -0.253. The highest BCUT2D eigenvalue weighted by Gasteiger charge is 2.41. The second kappa shape index (κ2) is 16.6. The van der Waals surface area contributed by atoms with Crippen molar-refractivity contribution in [2.24, 2.45) is 0 Å². The van der Waals surface area contributed by atoms with E-state index in [1.807, 2.05) is 66.7 Å². The van der Waals surface area contributed by atoms with Crippen LogP contribution in [0, 0.1) is 0 Å². The van der Waals surface area contributed by atoms with E-state index in [1.54, 1.807) is 18.2 Å². The number of hydrogen-bond acceptors (Lipinski definition) is 9. The molecular weight excluding hydrogens is 660 g/mol. The Morgan fingerprint density at radius 3 is 2.17 bits per heavy atom. The summed E-state index contributed by atoms with van der Waals surface area (Å²) in [6.45, 7) is 5.47. The van der Waals surface area contributed by atoms with Crippen LogP contribution in [-0.4, -0.2) is 77.7 Å². The van der Waals surface area contributed by atoms with Gasteiger partial charge in [0.25, 0.3) is 5.91 Å². The number of benzene rings is 4. The van der Waals surface area contributed by atoms with Crippen molar-refractivity contribution in [2.75, 3.05) is 37.6 Å². The zero-order valence-corrected chi connectivity index (χ0v) is 29.0. The molecule has 0 bridgehead atoms. The van der Waals surface area contributed by atoms with Gasteiger partial charge >= 0.3 is 6.09 Å². The number of amides is 3. The summed E-state index contributed by atoms with van der Waals surface area (Å²) in [5, 5.41) is 12.1. The van der Waals surface area contributed by atoms with Gasteiger partial charge in [-0.3, -0.25) is 19.4 Å². The van der Waals surface area contributed by atoms with E-state index in [0.717, 1.165) is 60.9 Å². The zero-order chi connectivity index (χ0) is 35.9. The Morgan fingerprint density at radius 2 is 1.46 bits per heavy atom.